The monoisotopic (exact) mass is 292 g/mol. The number of nitrogens with one attached hydrogen (secondary N) is 1. The molecule has 0 radical (unpaired) electrons. The van der Waals surface area contributed by atoms with E-state index in [2.05, 4.69) is 5.43 Å². The van der Waals surface area contributed by atoms with Crippen molar-refractivity contribution in [1.29, 1.82) is 0 Å². The SMILES string of the molecule is NNC(Cc1ccsc1)C1CCCC(C(F)(F)F)C1. The highest BCUT2D eigenvalue weighted by Gasteiger charge is 2.43. The van der Waals surface area contributed by atoms with Gasteiger partial charge in [-0.3, -0.25) is 11.3 Å². The minimum Gasteiger partial charge on any atom is -0.271 e. The second-order valence-electron chi connectivity index (χ2n) is 5.27. The number of halogens is 3. The largest absolute Gasteiger partial charge is 0.391 e. The van der Waals surface area contributed by atoms with Crippen molar-refractivity contribution in [2.24, 2.45) is 17.7 Å². The normalized spacial score (nSPS) is 26.3. The number of alkyl halides is 3. The van der Waals surface area contributed by atoms with Crippen LogP contribution in [0.5, 0.6) is 0 Å². The van der Waals surface area contributed by atoms with Crippen LogP contribution in [0.25, 0.3) is 0 Å². The molecule has 0 saturated heterocycles. The predicted molar refractivity (Wildman–Crippen MR) is 70.6 cm³/mol. The van der Waals surface area contributed by atoms with Gasteiger partial charge in [0.15, 0.2) is 0 Å². The molecule has 1 saturated carbocycles. The molecule has 0 amide bonds. The Hall–Kier alpha value is -0.590. The first kappa shape index (κ1) is 14.8. The molecule has 1 aromatic heterocycles. The summed E-state index contributed by atoms with van der Waals surface area (Å²) in [6.07, 6.45) is -1.45. The van der Waals surface area contributed by atoms with Crippen molar-refractivity contribution in [1.82, 2.24) is 5.43 Å². The van der Waals surface area contributed by atoms with E-state index in [9.17, 15) is 13.2 Å². The first-order valence-electron chi connectivity index (χ1n) is 6.54. The zero-order chi connectivity index (χ0) is 13.9. The van der Waals surface area contributed by atoms with Crippen molar-refractivity contribution in [3.63, 3.8) is 0 Å². The van der Waals surface area contributed by atoms with Gasteiger partial charge in [0.2, 0.25) is 0 Å². The summed E-state index contributed by atoms with van der Waals surface area (Å²) in [6.45, 7) is 0. The van der Waals surface area contributed by atoms with Crippen LogP contribution in [-0.4, -0.2) is 12.2 Å². The molecule has 0 aromatic carbocycles. The van der Waals surface area contributed by atoms with Crippen LogP contribution < -0.4 is 11.3 Å². The van der Waals surface area contributed by atoms with Crippen molar-refractivity contribution in [2.45, 2.75) is 44.3 Å². The molecule has 0 bridgehead atoms. The molecule has 108 valence electrons. The molecule has 0 spiro atoms. The van der Waals surface area contributed by atoms with E-state index in [1.165, 1.54) is 0 Å². The molecule has 1 heterocycles. The lowest BCUT2D eigenvalue weighted by Crippen LogP contribution is -2.45. The van der Waals surface area contributed by atoms with Crippen LogP contribution in [0.2, 0.25) is 0 Å². The molecule has 3 N–H and O–H groups in total. The maximum atomic E-state index is 12.8. The Balaban J connectivity index is 1.98. The minimum absolute atomic E-state index is 0.00488. The van der Waals surface area contributed by atoms with Crippen LogP contribution in [0.3, 0.4) is 0 Å². The van der Waals surface area contributed by atoms with Gasteiger partial charge in [-0.05, 0) is 54.0 Å². The zero-order valence-corrected chi connectivity index (χ0v) is 11.4. The van der Waals surface area contributed by atoms with Crippen LogP contribution in [0.4, 0.5) is 13.2 Å². The van der Waals surface area contributed by atoms with E-state index in [0.717, 1.165) is 12.0 Å². The fourth-order valence-corrected chi connectivity index (χ4v) is 3.60. The molecule has 1 fully saturated rings. The number of hydrogen-bond donors (Lipinski definition) is 2. The summed E-state index contributed by atoms with van der Waals surface area (Å²) >= 11 is 1.59. The highest BCUT2D eigenvalue weighted by Crippen LogP contribution is 2.41. The Morgan fingerprint density at radius 3 is 2.79 bits per heavy atom. The second kappa shape index (κ2) is 6.24. The molecular weight excluding hydrogens is 273 g/mol. The zero-order valence-electron chi connectivity index (χ0n) is 10.6. The Morgan fingerprint density at radius 1 is 1.42 bits per heavy atom. The lowest BCUT2D eigenvalue weighted by molar-refractivity contribution is -0.186. The van der Waals surface area contributed by atoms with Gasteiger partial charge in [0.1, 0.15) is 0 Å². The maximum Gasteiger partial charge on any atom is 0.391 e. The Kier molecular flexibility index (Phi) is 4.86. The molecule has 1 aliphatic carbocycles. The van der Waals surface area contributed by atoms with Gasteiger partial charge < -0.3 is 0 Å². The van der Waals surface area contributed by atoms with Gasteiger partial charge in [0.25, 0.3) is 0 Å². The van der Waals surface area contributed by atoms with Crippen LogP contribution in [0.15, 0.2) is 16.8 Å². The number of hydrazine groups is 1. The van der Waals surface area contributed by atoms with Crippen LogP contribution in [0, 0.1) is 11.8 Å². The standard InChI is InChI=1S/C13H19F3N2S/c14-13(15,16)11-3-1-2-10(7-11)12(18-17)6-9-4-5-19-8-9/h4-5,8,10-12,18H,1-3,6-7,17H2. The number of hydrogen-bond acceptors (Lipinski definition) is 3. The van der Waals surface area contributed by atoms with E-state index in [0.29, 0.717) is 12.8 Å². The second-order valence-corrected chi connectivity index (χ2v) is 6.05. The lowest BCUT2D eigenvalue weighted by atomic mass is 9.76. The average molecular weight is 292 g/mol. The highest BCUT2D eigenvalue weighted by atomic mass is 32.1. The molecule has 3 atom stereocenters. The molecule has 1 aliphatic rings. The summed E-state index contributed by atoms with van der Waals surface area (Å²) in [5.74, 6) is 4.39. The first-order chi connectivity index (χ1) is 9.00. The van der Waals surface area contributed by atoms with Crippen molar-refractivity contribution < 1.29 is 13.2 Å². The molecule has 6 heteroatoms. The van der Waals surface area contributed by atoms with Crippen molar-refractivity contribution in [2.75, 3.05) is 0 Å². The first-order valence-corrected chi connectivity index (χ1v) is 7.49. The van der Waals surface area contributed by atoms with Gasteiger partial charge in [0.05, 0.1) is 5.92 Å². The molecule has 2 nitrogen and oxygen atoms in total. The van der Waals surface area contributed by atoms with Crippen molar-refractivity contribution in [3.8, 4) is 0 Å². The fraction of sp³-hybridized carbons (Fsp3) is 0.692. The Bertz CT molecular complexity index is 378. The molecule has 0 aliphatic heterocycles. The smallest absolute Gasteiger partial charge is 0.271 e. The van der Waals surface area contributed by atoms with Gasteiger partial charge in [-0.1, -0.05) is 6.42 Å². The van der Waals surface area contributed by atoms with Gasteiger partial charge in [-0.15, -0.1) is 0 Å². The van der Waals surface area contributed by atoms with E-state index in [1.54, 1.807) is 11.3 Å². The molecule has 19 heavy (non-hydrogen) atoms. The van der Waals surface area contributed by atoms with E-state index >= 15 is 0 Å². The summed E-state index contributed by atoms with van der Waals surface area (Å²) < 4.78 is 38.4. The molecule has 3 unspecified atom stereocenters. The van der Waals surface area contributed by atoms with Gasteiger partial charge >= 0.3 is 6.18 Å². The number of nitrogens with two attached hydrogens (primary N) is 1. The summed E-state index contributed by atoms with van der Waals surface area (Å²) in [5.41, 5.74) is 3.86. The van der Waals surface area contributed by atoms with Crippen LogP contribution >= 0.6 is 11.3 Å². The predicted octanol–water partition coefficient (Wildman–Crippen LogP) is 3.49. The third-order valence-electron chi connectivity index (χ3n) is 4.00. The maximum absolute atomic E-state index is 12.8. The third kappa shape index (κ3) is 3.94. The number of thiophene rings is 1. The van der Waals surface area contributed by atoms with Crippen molar-refractivity contribution >= 4 is 11.3 Å². The van der Waals surface area contributed by atoms with Crippen molar-refractivity contribution in [3.05, 3.63) is 22.4 Å². The van der Waals surface area contributed by atoms with E-state index in [-0.39, 0.29) is 24.8 Å². The minimum atomic E-state index is -4.07. The quantitative estimate of drug-likeness (QED) is 0.658. The summed E-state index contributed by atoms with van der Waals surface area (Å²) in [6, 6.07) is 1.93. The van der Waals surface area contributed by atoms with Gasteiger partial charge in [-0.2, -0.15) is 24.5 Å². The van der Waals surface area contributed by atoms with Gasteiger partial charge in [0, 0.05) is 6.04 Å². The topological polar surface area (TPSA) is 38.0 Å². The molecule has 2 rings (SSSR count). The Morgan fingerprint density at radius 2 is 2.21 bits per heavy atom. The summed E-state index contributed by atoms with van der Waals surface area (Å²) in [5, 5.41) is 4.00. The van der Waals surface area contributed by atoms with E-state index < -0.39 is 12.1 Å². The van der Waals surface area contributed by atoms with Crippen LogP contribution in [0.1, 0.15) is 31.2 Å². The summed E-state index contributed by atoms with van der Waals surface area (Å²) in [4.78, 5) is 0. The molecule has 1 aromatic rings. The Labute approximate surface area is 115 Å². The highest BCUT2D eigenvalue weighted by molar-refractivity contribution is 7.07. The molecular formula is C13H19F3N2S. The van der Waals surface area contributed by atoms with E-state index in [4.69, 9.17) is 5.84 Å². The van der Waals surface area contributed by atoms with Crippen LogP contribution in [-0.2, 0) is 6.42 Å². The fourth-order valence-electron chi connectivity index (χ4n) is 2.91. The third-order valence-corrected chi connectivity index (χ3v) is 4.73. The lowest BCUT2D eigenvalue weighted by Gasteiger charge is -2.35. The summed E-state index contributed by atoms with van der Waals surface area (Å²) in [7, 11) is 0. The number of rotatable bonds is 4. The average Bonchev–Trinajstić information content (AvgIpc) is 2.88. The van der Waals surface area contributed by atoms with E-state index in [1.807, 2.05) is 16.8 Å². The van der Waals surface area contributed by atoms with Gasteiger partial charge in [-0.25, -0.2) is 0 Å².